The van der Waals surface area contributed by atoms with E-state index in [0.29, 0.717) is 25.4 Å². The Kier molecular flexibility index (Phi) is 23.0. The Labute approximate surface area is 253 Å². The highest BCUT2D eigenvalue weighted by molar-refractivity contribution is 5.84. The molecule has 1 aliphatic rings. The second-order valence-electron chi connectivity index (χ2n) is 12.9. The molecule has 6 heteroatoms. The molecule has 0 heterocycles. The molecule has 6 nitrogen and oxygen atoms in total. The lowest BCUT2D eigenvalue weighted by molar-refractivity contribution is -0.144. The smallest absolute Gasteiger partial charge is 0.305 e. The highest BCUT2D eigenvalue weighted by Crippen LogP contribution is 2.44. The first kappa shape index (κ1) is 37.6. The summed E-state index contributed by atoms with van der Waals surface area (Å²) in [4.78, 5) is 37.4. The second-order valence-corrected chi connectivity index (χ2v) is 12.9. The van der Waals surface area contributed by atoms with Crippen LogP contribution >= 0.6 is 0 Å². The van der Waals surface area contributed by atoms with E-state index in [-0.39, 0.29) is 17.3 Å². The Morgan fingerprint density at radius 2 is 1.34 bits per heavy atom. The number of carbonyl (C=O) groups is 3. The normalized spacial score (nSPS) is 14.0. The van der Waals surface area contributed by atoms with Crippen LogP contribution in [0.1, 0.15) is 162 Å². The van der Waals surface area contributed by atoms with Crippen LogP contribution in [-0.4, -0.2) is 55.8 Å². The number of esters is 1. The van der Waals surface area contributed by atoms with Crippen molar-refractivity contribution in [3.8, 4) is 0 Å². The quantitative estimate of drug-likeness (QED) is 0.0526. The predicted molar refractivity (Wildman–Crippen MR) is 171 cm³/mol. The molecule has 1 fully saturated rings. The molecule has 1 N–H and O–H groups in total. The molecule has 41 heavy (non-hydrogen) atoms. The van der Waals surface area contributed by atoms with E-state index >= 15 is 0 Å². The van der Waals surface area contributed by atoms with Gasteiger partial charge in [-0.2, -0.15) is 0 Å². The van der Waals surface area contributed by atoms with Gasteiger partial charge in [0.25, 0.3) is 0 Å². The van der Waals surface area contributed by atoms with Crippen LogP contribution in [0, 0.1) is 11.3 Å². The number of rotatable bonds is 30. The number of unbranched alkanes of at least 4 members (excludes halogenated alkanes) is 11. The van der Waals surface area contributed by atoms with Crippen molar-refractivity contribution in [2.75, 3.05) is 32.8 Å². The molecule has 0 aromatic rings. The average Bonchev–Trinajstić information content (AvgIpc) is 3.73. The van der Waals surface area contributed by atoms with E-state index in [9.17, 15) is 14.4 Å². The minimum absolute atomic E-state index is 0.0187. The number of amides is 1. The monoisotopic (exact) mass is 579 g/mol. The second kappa shape index (κ2) is 25.1. The SMILES string of the molecule is CCCCC(CCCC)CCOC(=O)CCCCCCCN(CCCCCCCC=O)CCCNC(=O)C1(C)CC1. The third kappa shape index (κ3) is 21.0. The summed E-state index contributed by atoms with van der Waals surface area (Å²) < 4.78 is 5.56. The van der Waals surface area contributed by atoms with Crippen molar-refractivity contribution in [2.45, 2.75) is 162 Å². The number of ether oxygens (including phenoxy) is 1. The first-order chi connectivity index (χ1) is 19.9. The lowest BCUT2D eigenvalue weighted by Crippen LogP contribution is -2.34. The van der Waals surface area contributed by atoms with E-state index in [0.717, 1.165) is 83.8 Å². The summed E-state index contributed by atoms with van der Waals surface area (Å²) in [6.07, 6.45) is 25.3. The number of nitrogens with zero attached hydrogens (tertiary/aromatic N) is 1. The van der Waals surface area contributed by atoms with Gasteiger partial charge in [0.1, 0.15) is 6.29 Å². The molecule has 0 aromatic heterocycles. The fraction of sp³-hybridized carbons (Fsp3) is 0.914. The van der Waals surface area contributed by atoms with Crippen LogP contribution in [0.2, 0.25) is 0 Å². The van der Waals surface area contributed by atoms with Crippen LogP contribution in [0.4, 0.5) is 0 Å². The number of hydrogen-bond donors (Lipinski definition) is 1. The van der Waals surface area contributed by atoms with Gasteiger partial charge in [-0.1, -0.05) is 97.8 Å². The van der Waals surface area contributed by atoms with Crippen molar-refractivity contribution in [2.24, 2.45) is 11.3 Å². The molecule has 0 saturated heterocycles. The van der Waals surface area contributed by atoms with Gasteiger partial charge in [-0.25, -0.2) is 0 Å². The van der Waals surface area contributed by atoms with Gasteiger partial charge in [-0.3, -0.25) is 9.59 Å². The van der Waals surface area contributed by atoms with Crippen molar-refractivity contribution in [3.05, 3.63) is 0 Å². The Morgan fingerprint density at radius 1 is 0.780 bits per heavy atom. The number of hydrogen-bond acceptors (Lipinski definition) is 5. The maximum absolute atomic E-state index is 12.2. The molecule has 0 atom stereocenters. The first-order valence-electron chi connectivity index (χ1n) is 17.5. The van der Waals surface area contributed by atoms with E-state index < -0.39 is 0 Å². The van der Waals surface area contributed by atoms with E-state index in [1.807, 2.05) is 0 Å². The Bertz CT molecular complexity index is 657. The molecule has 0 aromatic carbocycles. The summed E-state index contributed by atoms with van der Waals surface area (Å²) in [7, 11) is 0. The van der Waals surface area contributed by atoms with Gasteiger partial charge in [-0.05, 0) is 76.9 Å². The molecular formula is C35H66N2O4. The van der Waals surface area contributed by atoms with Crippen LogP contribution in [0.5, 0.6) is 0 Å². The fourth-order valence-electron chi connectivity index (χ4n) is 5.53. The molecule has 0 bridgehead atoms. The summed E-state index contributed by atoms with van der Waals surface area (Å²) in [6, 6.07) is 0. The topological polar surface area (TPSA) is 75.7 Å². The summed E-state index contributed by atoms with van der Waals surface area (Å²) in [5.41, 5.74) is -0.0914. The molecule has 240 valence electrons. The van der Waals surface area contributed by atoms with Crippen LogP contribution < -0.4 is 5.32 Å². The highest BCUT2D eigenvalue weighted by Gasteiger charge is 2.44. The maximum Gasteiger partial charge on any atom is 0.305 e. The molecule has 0 spiro atoms. The maximum atomic E-state index is 12.2. The third-order valence-corrected chi connectivity index (χ3v) is 8.86. The van der Waals surface area contributed by atoms with Gasteiger partial charge in [0.05, 0.1) is 6.61 Å². The van der Waals surface area contributed by atoms with Crippen molar-refractivity contribution < 1.29 is 19.1 Å². The van der Waals surface area contributed by atoms with Crippen LogP contribution in [0.3, 0.4) is 0 Å². The minimum Gasteiger partial charge on any atom is -0.466 e. The molecule has 0 aliphatic heterocycles. The summed E-state index contributed by atoms with van der Waals surface area (Å²) >= 11 is 0. The summed E-state index contributed by atoms with van der Waals surface area (Å²) in [5, 5.41) is 3.14. The zero-order chi connectivity index (χ0) is 30.0. The summed E-state index contributed by atoms with van der Waals surface area (Å²) in [6.45, 7) is 11.2. The minimum atomic E-state index is -0.0914. The zero-order valence-electron chi connectivity index (χ0n) is 27.3. The lowest BCUT2D eigenvalue weighted by Gasteiger charge is -2.22. The standard InChI is InChI=1S/C35H66N2O4/c1-4-6-20-32(21-7-5-2)23-31-41-33(39)22-15-11-10-13-17-28-37(27-16-12-8-9-14-18-30-38)29-19-26-36-34(40)35(3)24-25-35/h30,32H,4-29,31H2,1-3H3,(H,36,40). The molecule has 1 amide bonds. The largest absolute Gasteiger partial charge is 0.466 e. The van der Waals surface area contributed by atoms with E-state index in [4.69, 9.17) is 4.74 Å². The van der Waals surface area contributed by atoms with Gasteiger partial charge in [0.2, 0.25) is 5.91 Å². The van der Waals surface area contributed by atoms with E-state index in [1.165, 1.54) is 77.0 Å². The molecular weight excluding hydrogens is 512 g/mol. The molecule has 0 unspecified atom stereocenters. The van der Waals surface area contributed by atoms with Crippen LogP contribution in [0.25, 0.3) is 0 Å². The van der Waals surface area contributed by atoms with E-state index in [2.05, 4.69) is 31.0 Å². The van der Waals surface area contributed by atoms with Crippen LogP contribution in [-0.2, 0) is 19.1 Å². The average molecular weight is 579 g/mol. The van der Waals surface area contributed by atoms with Gasteiger partial charge in [0.15, 0.2) is 0 Å². The highest BCUT2D eigenvalue weighted by atomic mass is 16.5. The van der Waals surface area contributed by atoms with Crippen molar-refractivity contribution in [1.29, 1.82) is 0 Å². The predicted octanol–water partition coefficient (Wildman–Crippen LogP) is 8.40. The van der Waals surface area contributed by atoms with E-state index in [1.54, 1.807) is 0 Å². The van der Waals surface area contributed by atoms with Gasteiger partial charge < -0.3 is 19.7 Å². The number of carbonyl (C=O) groups excluding carboxylic acids is 3. The van der Waals surface area contributed by atoms with Gasteiger partial charge >= 0.3 is 5.97 Å². The number of aldehydes is 1. The Hall–Kier alpha value is -1.43. The Morgan fingerprint density at radius 3 is 1.93 bits per heavy atom. The van der Waals surface area contributed by atoms with Crippen molar-refractivity contribution in [1.82, 2.24) is 10.2 Å². The fourth-order valence-corrected chi connectivity index (χ4v) is 5.53. The first-order valence-corrected chi connectivity index (χ1v) is 17.5. The van der Waals surface area contributed by atoms with Crippen LogP contribution in [0.15, 0.2) is 0 Å². The lowest BCUT2D eigenvalue weighted by atomic mass is 9.93. The molecule has 0 radical (unpaired) electrons. The van der Waals surface area contributed by atoms with Gasteiger partial charge in [0, 0.05) is 24.8 Å². The van der Waals surface area contributed by atoms with Crippen molar-refractivity contribution in [3.63, 3.8) is 0 Å². The Balaban J connectivity index is 2.16. The molecule has 1 rings (SSSR count). The number of nitrogens with one attached hydrogen (secondary N) is 1. The summed E-state index contributed by atoms with van der Waals surface area (Å²) in [5.74, 6) is 0.918. The third-order valence-electron chi connectivity index (χ3n) is 8.86. The zero-order valence-corrected chi connectivity index (χ0v) is 27.3. The van der Waals surface area contributed by atoms with Gasteiger partial charge in [-0.15, -0.1) is 0 Å². The van der Waals surface area contributed by atoms with Crippen molar-refractivity contribution >= 4 is 18.2 Å². The molecule has 1 saturated carbocycles. The molecule has 1 aliphatic carbocycles.